The normalized spacial score (nSPS) is 12.0. The summed E-state index contributed by atoms with van der Waals surface area (Å²) in [6.07, 6.45) is 0.911. The first kappa shape index (κ1) is 24.7. The van der Waals surface area contributed by atoms with E-state index in [-0.39, 0.29) is 5.02 Å². The highest BCUT2D eigenvalue weighted by atomic mass is 35.5. The van der Waals surface area contributed by atoms with Gasteiger partial charge in [-0.2, -0.15) is 13.2 Å². The Bertz CT molecular complexity index is 2070. The fourth-order valence-electron chi connectivity index (χ4n) is 4.88. The number of aromatic nitrogens is 3. The van der Waals surface area contributed by atoms with Gasteiger partial charge in [-0.1, -0.05) is 35.9 Å². The molecule has 0 saturated carbocycles. The van der Waals surface area contributed by atoms with E-state index in [0.717, 1.165) is 50.1 Å². The molecule has 0 bridgehead atoms. The molecule has 4 heterocycles. The van der Waals surface area contributed by atoms with Crippen LogP contribution in [0.4, 0.5) is 13.2 Å². The van der Waals surface area contributed by atoms with Crippen molar-refractivity contribution >= 4 is 54.1 Å². The van der Waals surface area contributed by atoms with Crippen molar-refractivity contribution in [2.45, 2.75) is 6.18 Å². The predicted molar refractivity (Wildman–Crippen MR) is 157 cm³/mol. The van der Waals surface area contributed by atoms with Gasteiger partial charge in [0.05, 0.1) is 16.8 Å². The Kier molecular flexibility index (Phi) is 5.80. The molecule has 0 saturated heterocycles. The van der Waals surface area contributed by atoms with Gasteiger partial charge in [0, 0.05) is 61.2 Å². The standard InChI is InChI=1S/C32H17ClF3N3S/c33-25-12-22(11-24(15-25)32(34,35)36)18-3-4-19-10-23(17-39-29(19)14-18)21-5-7-28(38-16-21)20-6-8-30-27(13-20)26-2-1-9-37-31(26)40-30/h1-17H. The lowest BCUT2D eigenvalue weighted by Crippen LogP contribution is -2.04. The molecule has 7 rings (SSSR count). The monoisotopic (exact) mass is 567 g/mol. The lowest BCUT2D eigenvalue weighted by Gasteiger charge is -2.11. The Morgan fingerprint density at radius 2 is 1.48 bits per heavy atom. The number of halogens is 4. The number of pyridine rings is 3. The van der Waals surface area contributed by atoms with Gasteiger partial charge in [-0.3, -0.25) is 9.97 Å². The van der Waals surface area contributed by atoms with Crippen molar-refractivity contribution in [1.29, 1.82) is 0 Å². The van der Waals surface area contributed by atoms with Crippen LogP contribution in [-0.2, 0) is 6.18 Å². The molecule has 8 heteroatoms. The summed E-state index contributed by atoms with van der Waals surface area (Å²) in [5, 5.41) is 3.21. The molecule has 0 unspecified atom stereocenters. The number of thiophene rings is 1. The summed E-state index contributed by atoms with van der Waals surface area (Å²) >= 11 is 7.66. The van der Waals surface area contributed by atoms with Gasteiger partial charge in [0.1, 0.15) is 4.83 Å². The summed E-state index contributed by atoms with van der Waals surface area (Å²) in [6, 6.07) is 25.3. The zero-order valence-corrected chi connectivity index (χ0v) is 22.1. The third-order valence-electron chi connectivity index (χ3n) is 6.88. The number of hydrogen-bond donors (Lipinski definition) is 0. The van der Waals surface area contributed by atoms with Crippen LogP contribution in [0.25, 0.3) is 64.7 Å². The van der Waals surface area contributed by atoms with Crippen LogP contribution in [0, 0.1) is 0 Å². The van der Waals surface area contributed by atoms with Crippen LogP contribution in [0.15, 0.2) is 104 Å². The fraction of sp³-hybridized carbons (Fsp3) is 0.0312. The van der Waals surface area contributed by atoms with Crippen LogP contribution in [0.3, 0.4) is 0 Å². The maximum absolute atomic E-state index is 13.3. The Morgan fingerprint density at radius 1 is 0.650 bits per heavy atom. The molecule has 0 aliphatic heterocycles. The molecule has 40 heavy (non-hydrogen) atoms. The quantitative estimate of drug-likeness (QED) is 0.213. The number of nitrogens with zero attached hydrogens (tertiary/aromatic N) is 3. The number of fused-ring (bicyclic) bond motifs is 4. The number of alkyl halides is 3. The molecule has 0 fully saturated rings. The Morgan fingerprint density at radius 3 is 2.30 bits per heavy atom. The summed E-state index contributed by atoms with van der Waals surface area (Å²) in [6.45, 7) is 0. The number of rotatable bonds is 3. The van der Waals surface area contributed by atoms with Gasteiger partial charge in [-0.15, -0.1) is 11.3 Å². The highest BCUT2D eigenvalue weighted by Crippen LogP contribution is 2.37. The molecule has 0 aliphatic rings. The van der Waals surface area contributed by atoms with E-state index in [4.69, 9.17) is 16.6 Å². The third kappa shape index (κ3) is 4.47. The van der Waals surface area contributed by atoms with Crippen molar-refractivity contribution in [3.63, 3.8) is 0 Å². The molecule has 0 atom stereocenters. The van der Waals surface area contributed by atoms with E-state index in [9.17, 15) is 13.2 Å². The second kappa shape index (κ2) is 9.40. The smallest absolute Gasteiger partial charge is 0.256 e. The van der Waals surface area contributed by atoms with Crippen molar-refractivity contribution in [2.24, 2.45) is 0 Å². The molecule has 0 amide bonds. The van der Waals surface area contributed by atoms with Crippen molar-refractivity contribution < 1.29 is 13.2 Å². The highest BCUT2D eigenvalue weighted by molar-refractivity contribution is 7.25. The Hall–Kier alpha value is -4.33. The van der Waals surface area contributed by atoms with E-state index in [1.165, 1.54) is 16.2 Å². The molecule has 3 aromatic carbocycles. The van der Waals surface area contributed by atoms with E-state index in [1.54, 1.807) is 29.7 Å². The van der Waals surface area contributed by atoms with Crippen LogP contribution < -0.4 is 0 Å². The van der Waals surface area contributed by atoms with Gasteiger partial charge in [-0.05, 0) is 71.8 Å². The second-order valence-electron chi connectivity index (χ2n) is 9.46. The van der Waals surface area contributed by atoms with Gasteiger partial charge in [-0.25, -0.2) is 4.98 Å². The van der Waals surface area contributed by atoms with E-state index < -0.39 is 11.7 Å². The molecule has 194 valence electrons. The van der Waals surface area contributed by atoms with E-state index in [1.807, 2.05) is 42.7 Å². The van der Waals surface area contributed by atoms with Crippen molar-refractivity contribution in [2.75, 3.05) is 0 Å². The molecule has 4 aromatic heterocycles. The fourth-order valence-corrected chi connectivity index (χ4v) is 6.14. The molecule has 3 nitrogen and oxygen atoms in total. The summed E-state index contributed by atoms with van der Waals surface area (Å²) in [4.78, 5) is 14.8. The van der Waals surface area contributed by atoms with E-state index >= 15 is 0 Å². The first-order valence-corrected chi connectivity index (χ1v) is 13.5. The van der Waals surface area contributed by atoms with Crippen LogP contribution >= 0.6 is 22.9 Å². The minimum atomic E-state index is -4.48. The van der Waals surface area contributed by atoms with Crippen LogP contribution in [0.2, 0.25) is 5.02 Å². The molecule has 0 radical (unpaired) electrons. The first-order valence-electron chi connectivity index (χ1n) is 12.3. The van der Waals surface area contributed by atoms with Crippen LogP contribution in [0.1, 0.15) is 5.56 Å². The molecular formula is C32H17ClF3N3S. The lowest BCUT2D eigenvalue weighted by molar-refractivity contribution is -0.137. The van der Waals surface area contributed by atoms with Gasteiger partial charge >= 0.3 is 6.18 Å². The predicted octanol–water partition coefficient (Wildman–Crippen LogP) is 10.1. The highest BCUT2D eigenvalue weighted by Gasteiger charge is 2.31. The zero-order valence-electron chi connectivity index (χ0n) is 20.6. The summed E-state index contributed by atoms with van der Waals surface area (Å²) in [7, 11) is 0. The average molecular weight is 568 g/mol. The molecule has 0 spiro atoms. The largest absolute Gasteiger partial charge is 0.416 e. The van der Waals surface area contributed by atoms with E-state index in [2.05, 4.69) is 34.2 Å². The second-order valence-corrected chi connectivity index (χ2v) is 10.9. The maximum atomic E-state index is 13.3. The topological polar surface area (TPSA) is 38.7 Å². The first-order chi connectivity index (χ1) is 19.3. The Balaban J connectivity index is 1.19. The van der Waals surface area contributed by atoms with Crippen molar-refractivity contribution in [1.82, 2.24) is 15.0 Å². The van der Waals surface area contributed by atoms with Crippen LogP contribution in [0.5, 0.6) is 0 Å². The maximum Gasteiger partial charge on any atom is 0.416 e. The van der Waals surface area contributed by atoms with E-state index in [0.29, 0.717) is 16.6 Å². The summed E-state index contributed by atoms with van der Waals surface area (Å²) in [5.41, 5.74) is 4.59. The van der Waals surface area contributed by atoms with Crippen LogP contribution in [-0.4, -0.2) is 15.0 Å². The number of benzene rings is 3. The summed E-state index contributed by atoms with van der Waals surface area (Å²) < 4.78 is 41.0. The zero-order chi connectivity index (χ0) is 27.4. The molecule has 0 N–H and O–H groups in total. The molecule has 0 aliphatic carbocycles. The number of hydrogen-bond acceptors (Lipinski definition) is 4. The Labute approximate surface area is 235 Å². The van der Waals surface area contributed by atoms with Crippen molar-refractivity contribution in [3.8, 4) is 33.5 Å². The SMILES string of the molecule is FC(F)(F)c1cc(Cl)cc(-c2ccc3cc(-c4ccc(-c5ccc6sc7ncccc7c6c5)nc4)cnc3c2)c1. The third-order valence-corrected chi connectivity index (χ3v) is 8.20. The van der Waals surface area contributed by atoms with Gasteiger partial charge in [0.2, 0.25) is 0 Å². The van der Waals surface area contributed by atoms with Gasteiger partial charge < -0.3 is 0 Å². The molecule has 7 aromatic rings. The lowest BCUT2D eigenvalue weighted by atomic mass is 10.00. The molecular weight excluding hydrogens is 551 g/mol. The van der Waals surface area contributed by atoms with Gasteiger partial charge in [0.15, 0.2) is 0 Å². The minimum absolute atomic E-state index is 0.0322. The van der Waals surface area contributed by atoms with Crippen molar-refractivity contribution in [3.05, 3.63) is 114 Å². The minimum Gasteiger partial charge on any atom is -0.256 e. The summed E-state index contributed by atoms with van der Waals surface area (Å²) in [5.74, 6) is 0. The van der Waals surface area contributed by atoms with Gasteiger partial charge in [0.25, 0.3) is 0 Å². The average Bonchev–Trinajstić information content (AvgIpc) is 3.34.